The molecule has 5 heteroatoms. The summed E-state index contributed by atoms with van der Waals surface area (Å²) in [6.45, 7) is 5.45. The number of guanidine groups is 1. The Kier molecular flexibility index (Phi) is 7.80. The van der Waals surface area contributed by atoms with E-state index in [1.807, 2.05) is 14.0 Å². The first-order chi connectivity index (χ1) is 9.69. The molecular formula is C15H28N4O. The van der Waals surface area contributed by atoms with E-state index in [-0.39, 0.29) is 0 Å². The summed E-state index contributed by atoms with van der Waals surface area (Å²) in [5.74, 6) is 0.933. The molecule has 0 aromatic carbocycles. The fraction of sp³-hybridized carbons (Fsp3) is 0.667. The first-order valence-electron chi connectivity index (χ1n) is 7.28. The van der Waals surface area contributed by atoms with Crippen LogP contribution in [0.4, 0.5) is 0 Å². The second-order valence-electron chi connectivity index (χ2n) is 4.84. The van der Waals surface area contributed by atoms with Gasteiger partial charge in [0.05, 0.1) is 6.54 Å². The van der Waals surface area contributed by atoms with Crippen LogP contribution in [0, 0.1) is 0 Å². The zero-order chi connectivity index (χ0) is 14.8. The summed E-state index contributed by atoms with van der Waals surface area (Å²) in [6, 6.07) is 4.19. The van der Waals surface area contributed by atoms with Crippen LogP contribution in [0.25, 0.3) is 0 Å². The molecule has 0 saturated carbocycles. The Morgan fingerprint density at radius 3 is 2.85 bits per heavy atom. The molecule has 1 aromatic heterocycles. The molecule has 0 aliphatic carbocycles. The highest BCUT2D eigenvalue weighted by atomic mass is 16.5. The van der Waals surface area contributed by atoms with E-state index in [2.05, 4.69) is 52.2 Å². The average Bonchev–Trinajstić information content (AvgIpc) is 2.83. The summed E-state index contributed by atoms with van der Waals surface area (Å²) in [6.07, 6.45) is 4.24. The van der Waals surface area contributed by atoms with Crippen LogP contribution in [0.2, 0.25) is 0 Å². The molecule has 1 heterocycles. The molecule has 0 fully saturated rings. The van der Waals surface area contributed by atoms with Gasteiger partial charge in [-0.3, -0.25) is 4.99 Å². The molecular weight excluding hydrogens is 252 g/mol. The van der Waals surface area contributed by atoms with Crippen molar-refractivity contribution >= 4 is 5.96 Å². The number of rotatable bonds is 8. The van der Waals surface area contributed by atoms with Crippen LogP contribution in [0.3, 0.4) is 0 Å². The number of hydrogen-bond donors (Lipinski definition) is 1. The zero-order valence-electron chi connectivity index (χ0n) is 13.2. The van der Waals surface area contributed by atoms with Gasteiger partial charge in [0, 0.05) is 52.8 Å². The molecule has 1 N–H and O–H groups in total. The van der Waals surface area contributed by atoms with Crippen LogP contribution in [0.15, 0.2) is 23.3 Å². The molecule has 0 aliphatic rings. The number of aryl methyl sites for hydroxylation is 1. The number of nitrogens with one attached hydrogen (secondary N) is 1. The predicted octanol–water partition coefficient (Wildman–Crippen LogP) is 1.85. The summed E-state index contributed by atoms with van der Waals surface area (Å²) in [5.41, 5.74) is 1.27. The van der Waals surface area contributed by atoms with Crippen LogP contribution in [-0.2, 0) is 18.3 Å². The lowest BCUT2D eigenvalue weighted by Gasteiger charge is -2.22. The van der Waals surface area contributed by atoms with Gasteiger partial charge in [0.2, 0.25) is 0 Å². The van der Waals surface area contributed by atoms with E-state index >= 15 is 0 Å². The summed E-state index contributed by atoms with van der Waals surface area (Å²) in [5, 5.41) is 3.39. The largest absolute Gasteiger partial charge is 0.382 e. The van der Waals surface area contributed by atoms with Gasteiger partial charge in [-0.15, -0.1) is 0 Å². The van der Waals surface area contributed by atoms with Crippen LogP contribution < -0.4 is 5.32 Å². The first-order valence-corrected chi connectivity index (χ1v) is 7.28. The number of hydrogen-bond acceptors (Lipinski definition) is 2. The number of unbranched alkanes of at least 4 members (excludes halogenated alkanes) is 1. The second-order valence-corrected chi connectivity index (χ2v) is 4.84. The van der Waals surface area contributed by atoms with Crippen LogP contribution in [-0.4, -0.2) is 49.3 Å². The average molecular weight is 280 g/mol. The molecule has 114 valence electrons. The quantitative estimate of drug-likeness (QED) is 0.449. The van der Waals surface area contributed by atoms with Gasteiger partial charge in [-0.2, -0.15) is 0 Å². The monoisotopic (exact) mass is 280 g/mol. The van der Waals surface area contributed by atoms with Crippen molar-refractivity contribution < 1.29 is 4.74 Å². The third kappa shape index (κ3) is 5.65. The Balaban J connectivity index is 2.29. The minimum absolute atomic E-state index is 0.800. The zero-order valence-corrected chi connectivity index (χ0v) is 13.2. The first kappa shape index (κ1) is 16.6. The number of ether oxygens (including phenoxy) is 1. The van der Waals surface area contributed by atoms with Crippen molar-refractivity contribution in [2.45, 2.75) is 26.3 Å². The topological polar surface area (TPSA) is 41.8 Å². The van der Waals surface area contributed by atoms with Gasteiger partial charge in [0.25, 0.3) is 0 Å². The fourth-order valence-electron chi connectivity index (χ4n) is 2.04. The van der Waals surface area contributed by atoms with E-state index in [9.17, 15) is 0 Å². The van der Waals surface area contributed by atoms with E-state index in [1.54, 1.807) is 0 Å². The molecule has 0 amide bonds. The highest BCUT2D eigenvalue weighted by Gasteiger charge is 2.07. The van der Waals surface area contributed by atoms with Crippen LogP contribution in [0.5, 0.6) is 0 Å². The van der Waals surface area contributed by atoms with Gasteiger partial charge >= 0.3 is 0 Å². The third-order valence-corrected chi connectivity index (χ3v) is 3.23. The molecule has 0 bridgehead atoms. The van der Waals surface area contributed by atoms with Crippen LogP contribution in [0.1, 0.15) is 25.5 Å². The number of aromatic nitrogens is 1. The lowest BCUT2D eigenvalue weighted by atomic mass is 10.3. The summed E-state index contributed by atoms with van der Waals surface area (Å²) < 4.78 is 7.46. The maximum absolute atomic E-state index is 5.33. The summed E-state index contributed by atoms with van der Waals surface area (Å²) >= 11 is 0. The maximum atomic E-state index is 5.33. The molecule has 0 spiro atoms. The standard InChI is InChI=1S/C15H28N4O/c1-5-20-12-7-6-10-17-15(16-2)19(4)13-14-9-8-11-18(14)3/h8-9,11H,5-7,10,12-13H2,1-4H3,(H,16,17). The van der Waals surface area contributed by atoms with Crippen molar-refractivity contribution in [2.24, 2.45) is 12.0 Å². The normalized spacial score (nSPS) is 11.7. The Hall–Kier alpha value is -1.49. The lowest BCUT2D eigenvalue weighted by Crippen LogP contribution is -2.39. The van der Waals surface area contributed by atoms with Crippen molar-refractivity contribution in [1.29, 1.82) is 0 Å². The van der Waals surface area contributed by atoms with Gasteiger partial charge in [-0.05, 0) is 31.9 Å². The van der Waals surface area contributed by atoms with Gasteiger partial charge in [0.1, 0.15) is 0 Å². The Bertz CT molecular complexity index is 400. The van der Waals surface area contributed by atoms with Crippen molar-refractivity contribution in [1.82, 2.24) is 14.8 Å². The molecule has 0 radical (unpaired) electrons. The molecule has 0 atom stereocenters. The third-order valence-electron chi connectivity index (χ3n) is 3.23. The fourth-order valence-corrected chi connectivity index (χ4v) is 2.04. The van der Waals surface area contributed by atoms with E-state index in [4.69, 9.17) is 4.74 Å². The minimum Gasteiger partial charge on any atom is -0.382 e. The summed E-state index contributed by atoms with van der Waals surface area (Å²) in [4.78, 5) is 6.46. The molecule has 20 heavy (non-hydrogen) atoms. The predicted molar refractivity (Wildman–Crippen MR) is 84.0 cm³/mol. The molecule has 0 saturated heterocycles. The molecule has 0 unspecified atom stereocenters. The SMILES string of the molecule is CCOCCCCNC(=NC)N(C)Cc1cccn1C. The highest BCUT2D eigenvalue weighted by Crippen LogP contribution is 2.03. The van der Waals surface area contributed by atoms with Gasteiger partial charge in [0.15, 0.2) is 5.96 Å². The van der Waals surface area contributed by atoms with Gasteiger partial charge < -0.3 is 19.5 Å². The molecule has 1 rings (SSSR count). The van der Waals surface area contributed by atoms with Gasteiger partial charge in [-0.1, -0.05) is 0 Å². The summed E-state index contributed by atoms with van der Waals surface area (Å²) in [7, 11) is 5.94. The smallest absolute Gasteiger partial charge is 0.193 e. The number of nitrogens with zero attached hydrogens (tertiary/aromatic N) is 3. The van der Waals surface area contributed by atoms with E-state index in [0.29, 0.717) is 0 Å². The van der Waals surface area contributed by atoms with Crippen molar-refractivity contribution in [2.75, 3.05) is 33.9 Å². The molecule has 0 aliphatic heterocycles. The maximum Gasteiger partial charge on any atom is 0.193 e. The minimum atomic E-state index is 0.800. The van der Waals surface area contributed by atoms with Crippen LogP contribution >= 0.6 is 0 Å². The Morgan fingerprint density at radius 2 is 2.25 bits per heavy atom. The number of aliphatic imine (C=N–C) groups is 1. The van der Waals surface area contributed by atoms with Gasteiger partial charge in [-0.25, -0.2) is 0 Å². The van der Waals surface area contributed by atoms with E-state index < -0.39 is 0 Å². The van der Waals surface area contributed by atoms with E-state index in [1.165, 1.54) is 5.69 Å². The van der Waals surface area contributed by atoms with Crippen molar-refractivity contribution in [3.05, 3.63) is 24.0 Å². The highest BCUT2D eigenvalue weighted by molar-refractivity contribution is 5.79. The molecule has 5 nitrogen and oxygen atoms in total. The Labute approximate surface area is 122 Å². The lowest BCUT2D eigenvalue weighted by molar-refractivity contribution is 0.143. The van der Waals surface area contributed by atoms with E-state index in [0.717, 1.165) is 45.1 Å². The molecule has 1 aromatic rings. The van der Waals surface area contributed by atoms with Crippen molar-refractivity contribution in [3.63, 3.8) is 0 Å². The Morgan fingerprint density at radius 1 is 1.45 bits per heavy atom. The second kappa shape index (κ2) is 9.42. The van der Waals surface area contributed by atoms with Crippen molar-refractivity contribution in [3.8, 4) is 0 Å².